The summed E-state index contributed by atoms with van der Waals surface area (Å²) in [6.45, 7) is 3.36. The summed E-state index contributed by atoms with van der Waals surface area (Å²) in [7, 11) is 1.98. The second kappa shape index (κ2) is 10.3. The number of nitrogens with one attached hydrogen (secondary N) is 2. The Balaban J connectivity index is 1.54. The Morgan fingerprint density at radius 3 is 2.67 bits per heavy atom. The monoisotopic (exact) mass is 386 g/mol. The van der Waals surface area contributed by atoms with Crippen molar-refractivity contribution in [3.8, 4) is 0 Å². The first kappa shape index (κ1) is 19.7. The molecular formula is C20H30N6S. The third-order valence-electron chi connectivity index (χ3n) is 4.91. The average molecular weight is 387 g/mol. The molecular weight excluding hydrogens is 356 g/mol. The molecule has 27 heavy (non-hydrogen) atoms. The lowest BCUT2D eigenvalue weighted by Crippen LogP contribution is -2.45. The van der Waals surface area contributed by atoms with Crippen molar-refractivity contribution < 1.29 is 0 Å². The number of thioether (sulfide) groups is 1. The van der Waals surface area contributed by atoms with Gasteiger partial charge < -0.3 is 15.2 Å². The third kappa shape index (κ3) is 6.27. The van der Waals surface area contributed by atoms with Crippen LogP contribution in [0.1, 0.15) is 43.8 Å². The molecule has 1 saturated carbocycles. The summed E-state index contributed by atoms with van der Waals surface area (Å²) in [6.07, 6.45) is 6.41. The van der Waals surface area contributed by atoms with Gasteiger partial charge in [0.2, 0.25) is 0 Å². The minimum atomic E-state index is 0.521. The highest BCUT2D eigenvalue weighted by atomic mass is 32.2. The van der Waals surface area contributed by atoms with Gasteiger partial charge in [-0.1, -0.05) is 37.5 Å². The van der Waals surface area contributed by atoms with Gasteiger partial charge in [-0.3, -0.25) is 0 Å². The van der Waals surface area contributed by atoms with E-state index in [9.17, 15) is 0 Å². The number of hydrogen-bond acceptors (Lipinski definition) is 4. The molecule has 7 heteroatoms. The Kier molecular flexibility index (Phi) is 7.56. The zero-order chi connectivity index (χ0) is 18.9. The van der Waals surface area contributed by atoms with E-state index in [1.165, 1.54) is 37.0 Å². The summed E-state index contributed by atoms with van der Waals surface area (Å²) in [5.41, 5.74) is 0. The molecule has 146 valence electrons. The zero-order valence-electron chi connectivity index (χ0n) is 16.3. The van der Waals surface area contributed by atoms with Gasteiger partial charge >= 0.3 is 0 Å². The lowest BCUT2D eigenvalue weighted by Gasteiger charge is -2.25. The van der Waals surface area contributed by atoms with Crippen LogP contribution in [0, 0.1) is 6.92 Å². The van der Waals surface area contributed by atoms with E-state index in [0.29, 0.717) is 12.6 Å². The molecule has 1 aromatic carbocycles. The maximum absolute atomic E-state index is 4.77. The van der Waals surface area contributed by atoms with Crippen LogP contribution in [0.4, 0.5) is 0 Å². The van der Waals surface area contributed by atoms with E-state index in [1.807, 2.05) is 30.3 Å². The van der Waals surface area contributed by atoms with E-state index < -0.39 is 0 Å². The second-order valence-electron chi connectivity index (χ2n) is 6.95. The number of rotatable bonds is 7. The number of aromatic nitrogens is 3. The van der Waals surface area contributed by atoms with Gasteiger partial charge in [0, 0.05) is 30.3 Å². The van der Waals surface area contributed by atoms with E-state index in [0.717, 1.165) is 29.9 Å². The fourth-order valence-corrected chi connectivity index (χ4v) is 3.98. The lowest BCUT2D eigenvalue weighted by atomic mass is 9.96. The quantitative estimate of drug-likeness (QED) is 0.331. The molecule has 1 aromatic heterocycles. The van der Waals surface area contributed by atoms with Gasteiger partial charge in [0.05, 0.1) is 0 Å². The minimum Gasteiger partial charge on any atom is -0.356 e. The predicted molar refractivity (Wildman–Crippen MR) is 112 cm³/mol. The summed E-state index contributed by atoms with van der Waals surface area (Å²) in [5, 5.41) is 15.5. The normalized spacial score (nSPS) is 15.7. The Bertz CT molecular complexity index is 721. The zero-order valence-corrected chi connectivity index (χ0v) is 17.1. The average Bonchev–Trinajstić information content (AvgIpc) is 3.03. The minimum absolute atomic E-state index is 0.521. The Hall–Kier alpha value is -2.02. The first-order valence-electron chi connectivity index (χ1n) is 9.80. The molecule has 0 atom stereocenters. The molecule has 0 unspecified atom stereocenters. The smallest absolute Gasteiger partial charge is 0.191 e. The number of hydrogen-bond donors (Lipinski definition) is 2. The molecule has 0 saturated heterocycles. The van der Waals surface area contributed by atoms with Crippen molar-refractivity contribution in [1.82, 2.24) is 25.4 Å². The fraction of sp³-hybridized carbons (Fsp3) is 0.550. The molecule has 0 spiro atoms. The number of nitrogens with zero attached hydrogens (tertiary/aromatic N) is 4. The van der Waals surface area contributed by atoms with E-state index >= 15 is 0 Å². The number of benzene rings is 1. The van der Waals surface area contributed by atoms with Gasteiger partial charge in [0.25, 0.3) is 0 Å². The molecule has 0 amide bonds. The van der Waals surface area contributed by atoms with Crippen molar-refractivity contribution in [2.24, 2.45) is 12.0 Å². The summed E-state index contributed by atoms with van der Waals surface area (Å²) in [4.78, 5) is 6.07. The molecule has 1 aliphatic rings. The Labute approximate surface area is 166 Å². The van der Waals surface area contributed by atoms with Crippen molar-refractivity contribution in [3.63, 3.8) is 0 Å². The van der Waals surface area contributed by atoms with Crippen molar-refractivity contribution >= 4 is 17.7 Å². The molecule has 6 nitrogen and oxygen atoms in total. The van der Waals surface area contributed by atoms with E-state index in [2.05, 4.69) is 51.2 Å². The SMILES string of the molecule is Cc1nnc(CN=C(NCCSc2ccccc2)NC2CCCCC2)n1C. The second-order valence-corrected chi connectivity index (χ2v) is 8.12. The van der Waals surface area contributed by atoms with Crippen LogP contribution in [0.15, 0.2) is 40.2 Å². The van der Waals surface area contributed by atoms with E-state index in [-0.39, 0.29) is 0 Å². The molecule has 3 rings (SSSR count). The maximum Gasteiger partial charge on any atom is 0.191 e. The molecule has 0 aliphatic heterocycles. The van der Waals surface area contributed by atoms with Crippen LogP contribution in [-0.2, 0) is 13.6 Å². The summed E-state index contributed by atoms with van der Waals surface area (Å²) in [6, 6.07) is 11.0. The van der Waals surface area contributed by atoms with Crippen LogP contribution in [0.25, 0.3) is 0 Å². The topological polar surface area (TPSA) is 67.1 Å². The highest BCUT2D eigenvalue weighted by Gasteiger charge is 2.15. The molecule has 0 radical (unpaired) electrons. The number of aliphatic imine (C=N–C) groups is 1. The van der Waals surface area contributed by atoms with Crippen LogP contribution in [0.5, 0.6) is 0 Å². The molecule has 2 N–H and O–H groups in total. The predicted octanol–water partition coefficient (Wildman–Crippen LogP) is 3.28. The highest BCUT2D eigenvalue weighted by Crippen LogP contribution is 2.18. The van der Waals surface area contributed by atoms with Crippen molar-refractivity contribution in [3.05, 3.63) is 42.0 Å². The van der Waals surface area contributed by atoms with Gasteiger partial charge in [0.1, 0.15) is 12.4 Å². The van der Waals surface area contributed by atoms with Crippen LogP contribution in [0.2, 0.25) is 0 Å². The van der Waals surface area contributed by atoms with Crippen LogP contribution in [0.3, 0.4) is 0 Å². The lowest BCUT2D eigenvalue weighted by molar-refractivity contribution is 0.410. The molecule has 1 fully saturated rings. The highest BCUT2D eigenvalue weighted by molar-refractivity contribution is 7.99. The number of guanidine groups is 1. The summed E-state index contributed by atoms with van der Waals surface area (Å²) >= 11 is 1.86. The van der Waals surface area contributed by atoms with E-state index in [1.54, 1.807) is 0 Å². The van der Waals surface area contributed by atoms with Gasteiger partial charge in [-0.05, 0) is 31.9 Å². The third-order valence-corrected chi connectivity index (χ3v) is 5.93. The van der Waals surface area contributed by atoms with E-state index in [4.69, 9.17) is 4.99 Å². The molecule has 0 bridgehead atoms. The van der Waals surface area contributed by atoms with Crippen LogP contribution >= 0.6 is 11.8 Å². The Morgan fingerprint density at radius 1 is 1.19 bits per heavy atom. The molecule has 2 aromatic rings. The van der Waals surface area contributed by atoms with Crippen molar-refractivity contribution in [2.75, 3.05) is 12.3 Å². The van der Waals surface area contributed by atoms with Gasteiger partial charge in [-0.15, -0.1) is 22.0 Å². The first-order chi connectivity index (χ1) is 13.2. The van der Waals surface area contributed by atoms with Crippen molar-refractivity contribution in [2.45, 2.75) is 56.5 Å². The fourth-order valence-electron chi connectivity index (χ4n) is 3.19. The Morgan fingerprint density at radius 2 is 1.96 bits per heavy atom. The molecule has 1 heterocycles. The van der Waals surface area contributed by atoms with Gasteiger partial charge in [-0.25, -0.2) is 4.99 Å². The summed E-state index contributed by atoms with van der Waals surface area (Å²) in [5.74, 6) is 3.68. The number of aryl methyl sites for hydroxylation is 1. The van der Waals surface area contributed by atoms with Gasteiger partial charge in [0.15, 0.2) is 11.8 Å². The largest absolute Gasteiger partial charge is 0.356 e. The summed E-state index contributed by atoms with van der Waals surface area (Å²) < 4.78 is 1.99. The molecule has 1 aliphatic carbocycles. The first-order valence-corrected chi connectivity index (χ1v) is 10.8. The van der Waals surface area contributed by atoms with Crippen LogP contribution in [-0.4, -0.2) is 39.1 Å². The maximum atomic E-state index is 4.77. The van der Waals surface area contributed by atoms with Gasteiger partial charge in [-0.2, -0.15) is 0 Å². The van der Waals surface area contributed by atoms with Crippen LogP contribution < -0.4 is 10.6 Å². The van der Waals surface area contributed by atoms with Crippen molar-refractivity contribution in [1.29, 1.82) is 0 Å². The standard InChI is InChI=1S/C20H30N6S/c1-16-24-25-19(26(16)2)15-22-20(23-17-9-5-3-6-10-17)21-13-14-27-18-11-7-4-8-12-18/h4,7-8,11-12,17H,3,5-6,9-10,13-15H2,1-2H3,(H2,21,22,23).